The Bertz CT molecular complexity index is 1600. The molecule has 21 radical (unpaired) electrons. The molecule has 0 bridgehead atoms. The van der Waals surface area contributed by atoms with Gasteiger partial charge in [0, 0.05) is 144 Å². The second-order valence-corrected chi connectivity index (χ2v) is 13.0. The molecular formula is C61H106B7N10. The second-order valence-electron chi connectivity index (χ2n) is 13.0. The fraction of sp³-hybridized carbons (Fsp3) is 0.475. The summed E-state index contributed by atoms with van der Waals surface area (Å²) < 4.78 is 0. The van der Waals surface area contributed by atoms with Crippen LogP contribution in [0.25, 0.3) is 0 Å². The van der Waals surface area contributed by atoms with Crippen LogP contribution < -0.4 is 0 Å². The largest absolute Gasteiger partial charge is 0.264 e. The zero-order valence-electron chi connectivity index (χ0n) is 53.9. The Kier molecular flexibility index (Phi) is 122. The van der Waals surface area contributed by atoms with Gasteiger partial charge in [0.2, 0.25) is 0 Å². The first kappa shape index (κ1) is 112. The highest BCUT2D eigenvalue weighted by Crippen LogP contribution is 2.02. The predicted molar refractivity (Wildman–Crippen MR) is 356 cm³/mol. The molecule has 7 aromatic heterocycles. The molecule has 0 saturated carbocycles. The van der Waals surface area contributed by atoms with Crippen LogP contribution in [0.3, 0.4) is 0 Å². The third-order valence-electron chi connectivity index (χ3n) is 8.58. The number of aromatic nitrogens is 10. The minimum atomic E-state index is 0. The molecule has 0 N–H and O–H groups in total. The third-order valence-corrected chi connectivity index (χ3v) is 8.58. The molecule has 7 heterocycles. The molecule has 0 aliphatic rings. The van der Waals surface area contributed by atoms with E-state index >= 15 is 0 Å². The van der Waals surface area contributed by atoms with Crippen LogP contribution in [-0.2, 0) is 0 Å². The van der Waals surface area contributed by atoms with Gasteiger partial charge in [-0.15, -0.1) is 0 Å². The van der Waals surface area contributed by atoms with E-state index < -0.39 is 0 Å². The molecule has 0 spiro atoms. The summed E-state index contributed by atoms with van der Waals surface area (Å²) in [6.07, 6.45) is 21.1. The smallest absolute Gasteiger partial charge is 0.115 e. The molecule has 0 aromatic carbocycles. The molecule has 17 heteroatoms. The van der Waals surface area contributed by atoms with E-state index in [0.717, 1.165) is 45.3 Å². The molecule has 0 aliphatic carbocycles. The van der Waals surface area contributed by atoms with Gasteiger partial charge in [-0.3, -0.25) is 29.9 Å². The normalized spacial score (nSPS) is 7.18. The maximum atomic E-state index is 4.08. The van der Waals surface area contributed by atoms with Gasteiger partial charge in [0.1, 0.15) is 12.7 Å². The van der Waals surface area contributed by atoms with Gasteiger partial charge in [0.25, 0.3) is 0 Å². The average Bonchev–Trinajstić information content (AvgIpc) is 3.41. The van der Waals surface area contributed by atoms with E-state index in [4.69, 9.17) is 0 Å². The van der Waals surface area contributed by atoms with E-state index in [0.29, 0.717) is 0 Å². The summed E-state index contributed by atoms with van der Waals surface area (Å²) >= 11 is 0. The Labute approximate surface area is 497 Å². The molecule has 0 unspecified atom stereocenters. The number of hydrogen-bond donors (Lipinski definition) is 0. The molecule has 10 nitrogen and oxygen atoms in total. The summed E-state index contributed by atoms with van der Waals surface area (Å²) in [5, 5.41) is 0. The Hall–Kier alpha value is -5.71. The van der Waals surface area contributed by atoms with E-state index in [1.165, 1.54) is 33.4 Å². The Morgan fingerprint density at radius 2 is 0.449 bits per heavy atom. The maximum Gasteiger partial charge on any atom is 0.115 e. The number of pyridine rings is 4. The highest BCUT2D eigenvalue weighted by molar-refractivity contribution is 5.76. The standard InChI is InChI=1S/4C7H9N.3C6H8N2.7C2H6.CH4.7B/c2*1-6-3-4-8-5-7(6)2;2*1-6-4-3-5-8-7(6)2;2*1-5-3-7-4-8-6(5)2;1-5-6(2)8-4-3-7-5;7*1-2;;;;;;;;/h4*3-5H,1-2H3;3*3-4H,1-2H3;7*1-2H3;1H4;;;;;;;. The zero-order chi connectivity index (χ0) is 55.9. The highest BCUT2D eigenvalue weighted by Gasteiger charge is 1.90. The lowest BCUT2D eigenvalue weighted by atomic mass is 10.2. The molecule has 0 fully saturated rings. The van der Waals surface area contributed by atoms with Gasteiger partial charge >= 0.3 is 0 Å². The van der Waals surface area contributed by atoms with Gasteiger partial charge in [-0.05, 0) is 166 Å². The summed E-state index contributed by atoms with van der Waals surface area (Å²) in [7, 11) is 0. The first-order chi connectivity index (χ1) is 33.6. The zero-order valence-corrected chi connectivity index (χ0v) is 53.9. The lowest BCUT2D eigenvalue weighted by Crippen LogP contribution is -1.87. The minimum absolute atomic E-state index is 0. The Balaban J connectivity index is -0.0000000432. The number of hydrogen-bond acceptors (Lipinski definition) is 10. The van der Waals surface area contributed by atoms with Crippen molar-refractivity contribution in [3.05, 3.63) is 190 Å². The predicted octanol–water partition coefficient (Wildman–Crippen LogP) is 15.2. The van der Waals surface area contributed by atoms with Gasteiger partial charge in [-0.25, -0.2) is 19.9 Å². The average molecular weight is 1060 g/mol. The van der Waals surface area contributed by atoms with Crippen LogP contribution in [0, 0.1) is 96.9 Å². The maximum absolute atomic E-state index is 4.08. The quantitative estimate of drug-likeness (QED) is 0.135. The molecule has 0 aliphatic heterocycles. The van der Waals surface area contributed by atoms with Gasteiger partial charge < -0.3 is 0 Å². The monoisotopic (exact) mass is 1060 g/mol. The van der Waals surface area contributed by atoms with E-state index in [1.807, 2.05) is 226 Å². The summed E-state index contributed by atoms with van der Waals surface area (Å²) in [4.78, 5) is 39.7. The topological polar surface area (TPSA) is 129 Å². The van der Waals surface area contributed by atoms with Gasteiger partial charge in [0.15, 0.2) is 0 Å². The molecule has 7 aromatic rings. The fourth-order valence-corrected chi connectivity index (χ4v) is 3.61. The van der Waals surface area contributed by atoms with Crippen molar-refractivity contribution >= 4 is 58.9 Å². The van der Waals surface area contributed by atoms with E-state index in [9.17, 15) is 0 Å². The van der Waals surface area contributed by atoms with Crippen LogP contribution in [-0.4, -0.2) is 109 Å². The molecule has 7 rings (SSSR count). The second kappa shape index (κ2) is 85.2. The molecule has 0 saturated heterocycles. The Morgan fingerprint density at radius 3 is 0.590 bits per heavy atom. The number of aryl methyl sites for hydroxylation is 14. The first-order valence-corrected chi connectivity index (χ1v) is 25.3. The van der Waals surface area contributed by atoms with Crippen molar-refractivity contribution in [2.45, 2.75) is 201 Å². The number of rotatable bonds is 0. The van der Waals surface area contributed by atoms with Crippen molar-refractivity contribution in [1.29, 1.82) is 0 Å². The molecular weight excluding hydrogens is 948 g/mol. The van der Waals surface area contributed by atoms with Crippen molar-refractivity contribution in [2.75, 3.05) is 0 Å². The van der Waals surface area contributed by atoms with E-state index in [-0.39, 0.29) is 66.3 Å². The van der Waals surface area contributed by atoms with Crippen LogP contribution >= 0.6 is 0 Å². The van der Waals surface area contributed by atoms with Crippen LogP contribution in [0.2, 0.25) is 0 Å². The lowest BCUT2D eigenvalue weighted by molar-refractivity contribution is 1.05. The van der Waals surface area contributed by atoms with Gasteiger partial charge in [-0.2, -0.15) is 0 Å². The van der Waals surface area contributed by atoms with Crippen molar-refractivity contribution < 1.29 is 0 Å². The van der Waals surface area contributed by atoms with Crippen LogP contribution in [0.4, 0.5) is 0 Å². The first-order valence-electron chi connectivity index (χ1n) is 25.3. The third kappa shape index (κ3) is 66.4. The summed E-state index contributed by atoms with van der Waals surface area (Å²) in [6, 6.07) is 12.0. The Morgan fingerprint density at radius 1 is 0.218 bits per heavy atom. The van der Waals surface area contributed by atoms with Crippen molar-refractivity contribution in [3.63, 3.8) is 0 Å². The molecule has 0 atom stereocenters. The van der Waals surface area contributed by atoms with E-state index in [2.05, 4.69) is 104 Å². The van der Waals surface area contributed by atoms with Crippen LogP contribution in [0.1, 0.15) is 183 Å². The van der Waals surface area contributed by atoms with Crippen molar-refractivity contribution in [2.24, 2.45) is 0 Å². The summed E-state index contributed by atoms with van der Waals surface area (Å²) in [6.45, 7) is 56.2. The fourth-order valence-electron chi connectivity index (χ4n) is 3.61. The summed E-state index contributed by atoms with van der Waals surface area (Å²) in [5.41, 5.74) is 16.3. The molecule has 78 heavy (non-hydrogen) atoms. The molecule has 0 amide bonds. The van der Waals surface area contributed by atoms with Crippen LogP contribution in [0.5, 0.6) is 0 Å². The number of nitrogens with zero attached hydrogens (tertiary/aromatic N) is 10. The van der Waals surface area contributed by atoms with Gasteiger partial charge in [-0.1, -0.05) is 116 Å². The van der Waals surface area contributed by atoms with Crippen LogP contribution in [0.15, 0.2) is 111 Å². The van der Waals surface area contributed by atoms with Crippen molar-refractivity contribution in [1.82, 2.24) is 49.8 Å². The van der Waals surface area contributed by atoms with Gasteiger partial charge in [0.05, 0.1) is 11.4 Å². The molecule has 421 valence electrons. The highest BCUT2D eigenvalue weighted by atomic mass is 14.8. The van der Waals surface area contributed by atoms with Crippen molar-refractivity contribution in [3.8, 4) is 0 Å². The SMILES string of the molecule is C.CC.CC.CC.CC.CC.CC.CC.Cc1cccnc1C.Cc1cccnc1C.Cc1ccncc1C.Cc1ccncc1C.Cc1cncnc1C.Cc1cncnc1C.Cc1nccnc1C.[B].[B].[B].[B].[B].[B].[B]. The summed E-state index contributed by atoms with van der Waals surface area (Å²) in [5.74, 6) is 0. The van der Waals surface area contributed by atoms with E-state index in [1.54, 1.807) is 25.0 Å². The lowest BCUT2D eigenvalue weighted by Gasteiger charge is -1.92. The minimum Gasteiger partial charge on any atom is -0.264 e.